The zero-order valence-electron chi connectivity index (χ0n) is 12.6. The van der Waals surface area contributed by atoms with Crippen LogP contribution in [-0.4, -0.2) is 56.9 Å². The number of nitrogens with two attached hydrogens (primary N) is 1. The lowest BCUT2D eigenvalue weighted by Crippen LogP contribution is -2.45. The molecule has 1 aliphatic heterocycles. The number of likely N-dealkylation sites (N-methyl/N-ethyl adjacent to an activating group) is 1. The number of anilines is 2. The van der Waals surface area contributed by atoms with Crippen LogP contribution in [0.25, 0.3) is 0 Å². The Morgan fingerprint density at radius 3 is 3.05 bits per heavy atom. The Balaban J connectivity index is 1.92. The molecule has 0 aromatic heterocycles. The largest absolute Gasteiger partial charge is 0.465 e. The van der Waals surface area contributed by atoms with Crippen LogP contribution in [0.5, 0.6) is 0 Å². The minimum atomic E-state index is -0.387. The number of esters is 1. The summed E-state index contributed by atoms with van der Waals surface area (Å²) in [6, 6.07) is 5.11. The number of hydrogen-bond acceptors (Lipinski definition) is 6. The molecule has 1 aromatic carbocycles. The van der Waals surface area contributed by atoms with Gasteiger partial charge in [-0.1, -0.05) is 6.92 Å². The number of morpholine rings is 1. The Labute approximate surface area is 125 Å². The summed E-state index contributed by atoms with van der Waals surface area (Å²) in [4.78, 5) is 13.8. The molecule has 0 spiro atoms. The summed E-state index contributed by atoms with van der Waals surface area (Å²) < 4.78 is 10.4. The number of rotatable bonds is 5. The van der Waals surface area contributed by atoms with E-state index in [-0.39, 0.29) is 12.1 Å². The van der Waals surface area contributed by atoms with Gasteiger partial charge in [-0.2, -0.15) is 0 Å². The quantitative estimate of drug-likeness (QED) is 0.627. The number of nitrogens with zero attached hydrogens (tertiary/aromatic N) is 1. The van der Waals surface area contributed by atoms with Crippen LogP contribution in [0.3, 0.4) is 0 Å². The van der Waals surface area contributed by atoms with E-state index in [4.69, 9.17) is 10.5 Å². The number of ether oxygens (including phenoxy) is 2. The van der Waals surface area contributed by atoms with E-state index in [1.54, 1.807) is 18.2 Å². The number of hydrogen-bond donors (Lipinski definition) is 2. The highest BCUT2D eigenvalue weighted by molar-refractivity contribution is 5.91. The maximum Gasteiger partial charge on any atom is 0.337 e. The molecule has 0 radical (unpaired) electrons. The molecule has 1 heterocycles. The summed E-state index contributed by atoms with van der Waals surface area (Å²) in [6.45, 7) is 6.55. The first-order chi connectivity index (χ1) is 10.1. The van der Waals surface area contributed by atoms with Gasteiger partial charge in [-0.15, -0.1) is 0 Å². The molecule has 0 aliphatic carbocycles. The lowest BCUT2D eigenvalue weighted by atomic mass is 10.1. The molecule has 6 heteroatoms. The van der Waals surface area contributed by atoms with E-state index in [1.165, 1.54) is 7.11 Å². The van der Waals surface area contributed by atoms with Crippen molar-refractivity contribution in [3.8, 4) is 0 Å². The number of nitrogens with one attached hydrogen (secondary N) is 1. The van der Waals surface area contributed by atoms with Gasteiger partial charge in [-0.25, -0.2) is 4.79 Å². The van der Waals surface area contributed by atoms with Crippen LogP contribution in [-0.2, 0) is 9.47 Å². The first-order valence-electron chi connectivity index (χ1n) is 7.19. The van der Waals surface area contributed by atoms with Gasteiger partial charge in [0.15, 0.2) is 0 Å². The van der Waals surface area contributed by atoms with E-state index >= 15 is 0 Å². The second kappa shape index (κ2) is 7.28. The van der Waals surface area contributed by atoms with Crippen LogP contribution in [0.4, 0.5) is 11.4 Å². The number of nitrogen functional groups attached to an aromatic ring is 1. The average molecular weight is 293 g/mol. The lowest BCUT2D eigenvalue weighted by molar-refractivity contribution is -0.0191. The second-order valence-corrected chi connectivity index (χ2v) is 5.06. The summed E-state index contributed by atoms with van der Waals surface area (Å²) in [5, 5.41) is 3.28. The topological polar surface area (TPSA) is 76.8 Å². The molecule has 1 unspecified atom stereocenters. The molecule has 116 valence electrons. The fourth-order valence-corrected chi connectivity index (χ4v) is 2.38. The zero-order chi connectivity index (χ0) is 15.2. The number of carbonyl (C=O) groups excluding carboxylic acids is 1. The summed E-state index contributed by atoms with van der Waals surface area (Å²) in [5.74, 6) is -0.387. The first kappa shape index (κ1) is 15.6. The van der Waals surface area contributed by atoms with Crippen molar-refractivity contribution in [2.45, 2.75) is 13.0 Å². The fourth-order valence-electron chi connectivity index (χ4n) is 2.38. The Bertz CT molecular complexity index is 493. The molecule has 1 aromatic rings. The zero-order valence-corrected chi connectivity index (χ0v) is 12.6. The van der Waals surface area contributed by atoms with Gasteiger partial charge >= 0.3 is 5.97 Å². The third-order valence-electron chi connectivity index (χ3n) is 3.66. The molecule has 21 heavy (non-hydrogen) atoms. The third kappa shape index (κ3) is 4.09. The molecule has 1 atom stereocenters. The van der Waals surface area contributed by atoms with Crippen molar-refractivity contribution in [1.29, 1.82) is 0 Å². The van der Waals surface area contributed by atoms with Gasteiger partial charge in [0.2, 0.25) is 0 Å². The van der Waals surface area contributed by atoms with Crippen molar-refractivity contribution in [3.05, 3.63) is 23.8 Å². The van der Waals surface area contributed by atoms with Gasteiger partial charge in [0.05, 0.1) is 36.8 Å². The van der Waals surface area contributed by atoms with Crippen LogP contribution in [0.2, 0.25) is 0 Å². The minimum Gasteiger partial charge on any atom is -0.465 e. The van der Waals surface area contributed by atoms with Crippen LogP contribution in [0.15, 0.2) is 18.2 Å². The van der Waals surface area contributed by atoms with Gasteiger partial charge in [0, 0.05) is 19.6 Å². The summed E-state index contributed by atoms with van der Waals surface area (Å²) in [7, 11) is 1.35. The molecule has 2 rings (SSSR count). The van der Waals surface area contributed by atoms with Crippen molar-refractivity contribution in [1.82, 2.24) is 4.90 Å². The van der Waals surface area contributed by atoms with Gasteiger partial charge in [0.1, 0.15) is 0 Å². The predicted molar refractivity (Wildman–Crippen MR) is 82.5 cm³/mol. The van der Waals surface area contributed by atoms with Crippen molar-refractivity contribution in [2.75, 3.05) is 50.9 Å². The standard InChI is InChI=1S/C15H23N3O3/c1-3-18-6-7-21-12(10-18)9-17-14-5-4-11(8-13(14)16)15(19)20-2/h4-5,8,12,17H,3,6-7,9-10,16H2,1-2H3. The van der Waals surface area contributed by atoms with Gasteiger partial charge in [-0.3, -0.25) is 4.90 Å². The van der Waals surface area contributed by atoms with Crippen molar-refractivity contribution >= 4 is 17.3 Å². The van der Waals surface area contributed by atoms with E-state index in [1.807, 2.05) is 0 Å². The smallest absolute Gasteiger partial charge is 0.337 e. The maximum absolute atomic E-state index is 11.4. The fraction of sp³-hybridized carbons (Fsp3) is 0.533. The van der Waals surface area contributed by atoms with Gasteiger partial charge < -0.3 is 20.5 Å². The SMILES string of the molecule is CCN1CCOC(CNc2ccc(C(=O)OC)cc2N)C1. The Kier molecular flexibility index (Phi) is 5.41. The average Bonchev–Trinajstić information content (AvgIpc) is 2.53. The normalized spacial score (nSPS) is 19.2. The highest BCUT2D eigenvalue weighted by atomic mass is 16.5. The lowest BCUT2D eigenvalue weighted by Gasteiger charge is -2.32. The first-order valence-corrected chi connectivity index (χ1v) is 7.19. The predicted octanol–water partition coefficient (Wildman–Crippen LogP) is 1.19. The maximum atomic E-state index is 11.4. The molecule has 1 aliphatic rings. The van der Waals surface area contributed by atoms with E-state index < -0.39 is 0 Å². The Morgan fingerprint density at radius 1 is 1.57 bits per heavy atom. The van der Waals surface area contributed by atoms with Gasteiger partial charge in [-0.05, 0) is 24.7 Å². The van der Waals surface area contributed by atoms with Crippen LogP contribution < -0.4 is 11.1 Å². The highest BCUT2D eigenvalue weighted by Gasteiger charge is 2.19. The summed E-state index contributed by atoms with van der Waals surface area (Å²) in [5.41, 5.74) is 7.75. The Hall–Kier alpha value is -1.79. The molecule has 1 fully saturated rings. The van der Waals surface area contributed by atoms with Crippen LogP contribution in [0, 0.1) is 0 Å². The number of methoxy groups -OCH3 is 1. The Morgan fingerprint density at radius 2 is 2.38 bits per heavy atom. The number of benzene rings is 1. The summed E-state index contributed by atoms with van der Waals surface area (Å²) in [6.07, 6.45) is 0.151. The molecule has 3 N–H and O–H groups in total. The highest BCUT2D eigenvalue weighted by Crippen LogP contribution is 2.20. The van der Waals surface area contributed by atoms with E-state index in [9.17, 15) is 4.79 Å². The van der Waals surface area contributed by atoms with Crippen molar-refractivity contribution in [3.63, 3.8) is 0 Å². The number of carbonyl (C=O) groups is 1. The van der Waals surface area contributed by atoms with Crippen LogP contribution >= 0.6 is 0 Å². The molecule has 0 bridgehead atoms. The second-order valence-electron chi connectivity index (χ2n) is 5.06. The third-order valence-corrected chi connectivity index (χ3v) is 3.66. The molecule has 0 saturated carbocycles. The van der Waals surface area contributed by atoms with E-state index in [2.05, 4.69) is 21.9 Å². The monoisotopic (exact) mass is 293 g/mol. The summed E-state index contributed by atoms with van der Waals surface area (Å²) >= 11 is 0. The molecule has 1 saturated heterocycles. The van der Waals surface area contributed by atoms with Crippen molar-refractivity contribution < 1.29 is 14.3 Å². The van der Waals surface area contributed by atoms with Crippen molar-refractivity contribution in [2.24, 2.45) is 0 Å². The van der Waals surface area contributed by atoms with E-state index in [0.29, 0.717) is 17.8 Å². The molecule has 6 nitrogen and oxygen atoms in total. The van der Waals surface area contributed by atoms with Gasteiger partial charge in [0.25, 0.3) is 0 Å². The van der Waals surface area contributed by atoms with Crippen LogP contribution in [0.1, 0.15) is 17.3 Å². The minimum absolute atomic E-state index is 0.151. The molecular formula is C15H23N3O3. The van der Waals surface area contributed by atoms with E-state index in [0.717, 1.165) is 31.9 Å². The molecular weight excluding hydrogens is 270 g/mol. The molecule has 0 amide bonds.